The normalized spacial score (nSPS) is 17.3. The number of nitrogens with zero attached hydrogens (tertiary/aromatic N) is 1. The van der Waals surface area contributed by atoms with Crippen molar-refractivity contribution in [2.24, 2.45) is 0 Å². The topological polar surface area (TPSA) is 88.8 Å². The zero-order valence-corrected chi connectivity index (χ0v) is 17.7. The summed E-state index contributed by atoms with van der Waals surface area (Å²) >= 11 is 0. The van der Waals surface area contributed by atoms with Crippen molar-refractivity contribution in [3.05, 3.63) is 65.4 Å². The van der Waals surface area contributed by atoms with Crippen LogP contribution in [0.3, 0.4) is 0 Å². The molecule has 3 aromatic rings. The molecule has 1 saturated heterocycles. The lowest BCUT2D eigenvalue weighted by Gasteiger charge is -2.14. The molecule has 0 unspecified atom stereocenters. The van der Waals surface area contributed by atoms with Crippen LogP contribution in [-0.4, -0.2) is 44.0 Å². The first-order chi connectivity index (χ1) is 14.3. The van der Waals surface area contributed by atoms with E-state index in [2.05, 4.69) is 5.32 Å². The van der Waals surface area contributed by atoms with Gasteiger partial charge >= 0.3 is 0 Å². The number of nitrogens with one attached hydrogen (secondary N) is 1. The highest BCUT2D eigenvalue weighted by Gasteiger charge is 2.30. The first kappa shape index (κ1) is 20.4. The number of hydrogen-bond acceptors (Lipinski definition) is 5. The Morgan fingerprint density at radius 3 is 2.70 bits per heavy atom. The summed E-state index contributed by atoms with van der Waals surface area (Å²) in [7, 11) is -3.26. The largest absolute Gasteiger partial charge is 0.489 e. The van der Waals surface area contributed by atoms with Crippen molar-refractivity contribution >= 4 is 26.9 Å². The van der Waals surface area contributed by atoms with Crippen LogP contribution < -0.4 is 10.1 Å². The lowest BCUT2D eigenvalue weighted by Crippen LogP contribution is -2.38. The van der Waals surface area contributed by atoms with Crippen LogP contribution in [0.25, 0.3) is 11.0 Å². The van der Waals surface area contributed by atoms with E-state index >= 15 is 0 Å². The second-order valence-electron chi connectivity index (χ2n) is 7.55. The number of sulfonamides is 1. The molecule has 1 aliphatic heterocycles. The Bertz CT molecular complexity index is 1170. The van der Waals surface area contributed by atoms with E-state index in [1.54, 1.807) is 19.1 Å². The van der Waals surface area contributed by atoms with Crippen LogP contribution in [0.15, 0.2) is 52.9 Å². The maximum absolute atomic E-state index is 13.0. The molecular formula is C22H24N2O5S. The van der Waals surface area contributed by atoms with Crippen LogP contribution in [0, 0.1) is 6.92 Å². The number of aryl methyl sites for hydroxylation is 1. The van der Waals surface area contributed by atoms with Crippen molar-refractivity contribution in [1.82, 2.24) is 9.62 Å². The summed E-state index contributed by atoms with van der Waals surface area (Å²) in [6, 6.07) is 15.0. The average Bonchev–Trinajstić information content (AvgIpc) is 3.30. The fourth-order valence-electron chi connectivity index (χ4n) is 3.72. The maximum atomic E-state index is 13.0. The van der Waals surface area contributed by atoms with Crippen molar-refractivity contribution in [2.45, 2.75) is 26.0 Å². The van der Waals surface area contributed by atoms with Gasteiger partial charge in [-0.05, 0) is 37.1 Å². The van der Waals surface area contributed by atoms with Crippen molar-refractivity contribution in [3.8, 4) is 5.75 Å². The fraction of sp³-hybridized carbons (Fsp3) is 0.318. The molecule has 0 spiro atoms. The number of furan rings is 1. The van der Waals surface area contributed by atoms with Crippen LogP contribution in [0.5, 0.6) is 5.75 Å². The third kappa shape index (κ3) is 4.34. The first-order valence-electron chi connectivity index (χ1n) is 9.77. The van der Waals surface area contributed by atoms with E-state index in [9.17, 15) is 13.2 Å². The van der Waals surface area contributed by atoms with Gasteiger partial charge in [0.15, 0.2) is 0 Å². The predicted octanol–water partition coefficient (Wildman–Crippen LogP) is 3.08. The van der Waals surface area contributed by atoms with Gasteiger partial charge in [-0.1, -0.05) is 30.3 Å². The van der Waals surface area contributed by atoms with Gasteiger partial charge in [0.2, 0.25) is 10.0 Å². The Morgan fingerprint density at radius 1 is 1.23 bits per heavy atom. The van der Waals surface area contributed by atoms with Gasteiger partial charge in [0.25, 0.3) is 5.91 Å². The van der Waals surface area contributed by atoms with Gasteiger partial charge in [-0.15, -0.1) is 0 Å². The number of rotatable bonds is 6. The summed E-state index contributed by atoms with van der Waals surface area (Å²) < 4.78 is 36.4. The lowest BCUT2D eigenvalue weighted by atomic mass is 10.1. The van der Waals surface area contributed by atoms with Crippen molar-refractivity contribution in [2.75, 3.05) is 19.3 Å². The van der Waals surface area contributed by atoms with Gasteiger partial charge in [-0.3, -0.25) is 4.79 Å². The highest BCUT2D eigenvalue weighted by Crippen LogP contribution is 2.30. The SMILES string of the molecule is Cc1oc2ccc(OCc3ccccc3)cc2c1C(=O)N[C@H]1CCN(S(C)(=O)=O)C1. The predicted molar refractivity (Wildman–Crippen MR) is 114 cm³/mol. The third-order valence-electron chi connectivity index (χ3n) is 5.27. The van der Waals surface area contributed by atoms with Gasteiger partial charge in [-0.25, -0.2) is 12.7 Å². The molecule has 8 heteroatoms. The minimum absolute atomic E-state index is 0.228. The van der Waals surface area contributed by atoms with Gasteiger partial charge in [0, 0.05) is 24.5 Å². The Balaban J connectivity index is 1.51. The number of benzene rings is 2. The number of carbonyl (C=O) groups excluding carboxylic acids is 1. The highest BCUT2D eigenvalue weighted by molar-refractivity contribution is 7.88. The van der Waals surface area contributed by atoms with E-state index < -0.39 is 10.0 Å². The molecule has 0 aliphatic carbocycles. The summed E-state index contributed by atoms with van der Waals surface area (Å²) in [4.78, 5) is 13.0. The van der Waals surface area contributed by atoms with E-state index in [-0.39, 0.29) is 18.5 Å². The van der Waals surface area contributed by atoms with Crippen molar-refractivity contribution in [3.63, 3.8) is 0 Å². The Kier molecular flexibility index (Phi) is 5.53. The second kappa shape index (κ2) is 8.12. The van der Waals surface area contributed by atoms with Gasteiger partial charge in [-0.2, -0.15) is 0 Å². The molecule has 0 bridgehead atoms. The summed E-state index contributed by atoms with van der Waals surface area (Å²) in [6.45, 7) is 2.86. The molecule has 0 radical (unpaired) electrons. The molecule has 7 nitrogen and oxygen atoms in total. The molecule has 0 saturated carbocycles. The minimum Gasteiger partial charge on any atom is -0.489 e. The molecule has 30 heavy (non-hydrogen) atoms. The van der Waals surface area contributed by atoms with Gasteiger partial charge < -0.3 is 14.5 Å². The molecule has 1 atom stereocenters. The zero-order chi connectivity index (χ0) is 21.3. The monoisotopic (exact) mass is 428 g/mol. The molecule has 4 rings (SSSR count). The number of fused-ring (bicyclic) bond motifs is 1. The molecule has 1 amide bonds. The highest BCUT2D eigenvalue weighted by atomic mass is 32.2. The van der Waals surface area contributed by atoms with Crippen LogP contribution in [-0.2, 0) is 16.6 Å². The summed E-state index contributed by atoms with van der Waals surface area (Å²) in [5.41, 5.74) is 2.11. The first-order valence-corrected chi connectivity index (χ1v) is 11.6. The van der Waals surface area contributed by atoms with Crippen LogP contribution in [0.4, 0.5) is 0 Å². The van der Waals surface area contributed by atoms with E-state index in [0.29, 0.717) is 47.6 Å². The summed E-state index contributed by atoms with van der Waals surface area (Å²) in [6.07, 6.45) is 1.76. The van der Waals surface area contributed by atoms with E-state index in [4.69, 9.17) is 9.15 Å². The van der Waals surface area contributed by atoms with Crippen LogP contribution >= 0.6 is 0 Å². The standard InChI is InChI=1S/C22H24N2O5S/c1-15-21(22(25)23-17-10-11-24(13-17)30(2,26)27)19-12-18(8-9-20(19)29-15)28-14-16-6-4-3-5-7-16/h3-9,12,17H,10-11,13-14H2,1-2H3,(H,23,25)/t17-/m0/s1. The van der Waals surface area contributed by atoms with E-state index in [0.717, 1.165) is 5.56 Å². The molecular weight excluding hydrogens is 404 g/mol. The molecule has 1 aliphatic rings. The van der Waals surface area contributed by atoms with E-state index in [1.807, 2.05) is 36.4 Å². The smallest absolute Gasteiger partial charge is 0.255 e. The fourth-order valence-corrected chi connectivity index (χ4v) is 4.60. The molecule has 2 aromatic carbocycles. The number of amides is 1. The van der Waals surface area contributed by atoms with Crippen molar-refractivity contribution in [1.29, 1.82) is 0 Å². The molecule has 158 valence electrons. The maximum Gasteiger partial charge on any atom is 0.255 e. The molecule has 1 N–H and O–H groups in total. The third-order valence-corrected chi connectivity index (χ3v) is 6.54. The summed E-state index contributed by atoms with van der Waals surface area (Å²) in [5.74, 6) is 0.887. The second-order valence-corrected chi connectivity index (χ2v) is 9.53. The van der Waals surface area contributed by atoms with Crippen molar-refractivity contribution < 1.29 is 22.4 Å². The van der Waals surface area contributed by atoms with Crippen LogP contribution in [0.1, 0.15) is 28.1 Å². The average molecular weight is 429 g/mol. The number of carbonyl (C=O) groups is 1. The number of hydrogen-bond donors (Lipinski definition) is 1. The van der Waals surface area contributed by atoms with E-state index in [1.165, 1.54) is 10.6 Å². The molecule has 1 aromatic heterocycles. The molecule has 2 heterocycles. The van der Waals surface area contributed by atoms with Gasteiger partial charge in [0.05, 0.1) is 11.8 Å². The van der Waals surface area contributed by atoms with Crippen LogP contribution in [0.2, 0.25) is 0 Å². The Labute approximate surface area is 175 Å². The molecule has 1 fully saturated rings. The Morgan fingerprint density at radius 2 is 2.00 bits per heavy atom. The quantitative estimate of drug-likeness (QED) is 0.652. The number of ether oxygens (including phenoxy) is 1. The zero-order valence-electron chi connectivity index (χ0n) is 16.9. The lowest BCUT2D eigenvalue weighted by molar-refractivity contribution is 0.0939. The Hall–Kier alpha value is -2.84. The van der Waals surface area contributed by atoms with Gasteiger partial charge in [0.1, 0.15) is 23.7 Å². The summed E-state index contributed by atoms with van der Waals surface area (Å²) in [5, 5.41) is 3.62. The minimum atomic E-state index is -3.26.